The number of benzene rings is 2. The van der Waals surface area contributed by atoms with E-state index in [4.69, 9.17) is 10.00 Å². The lowest BCUT2D eigenvalue weighted by atomic mass is 9.64. The molecule has 0 bridgehead atoms. The first kappa shape index (κ1) is 26.6. The van der Waals surface area contributed by atoms with Crippen LogP contribution in [0.1, 0.15) is 29.5 Å². The van der Waals surface area contributed by atoms with Gasteiger partial charge in [-0.1, -0.05) is 12.1 Å². The fourth-order valence-electron chi connectivity index (χ4n) is 5.35. The van der Waals surface area contributed by atoms with E-state index < -0.39 is 47.4 Å². The fraction of sp³-hybridized carbons (Fsp3) is 0.407. The standard InChI is InChI=1S/C27H24F4N4O4/c1-33(20-14-39-15-20)24(37)18-9-26(10-18)25(38)34(22-7-4-17(11-32)8-21(22)28)13-23(36)35(26)12-16-2-5-19(6-3-16)27(29,30)31/h2-8,18,20H,9-10,12-15H2,1H3. The molecule has 3 amide bonds. The van der Waals surface area contributed by atoms with E-state index in [-0.39, 0.29) is 42.6 Å². The minimum Gasteiger partial charge on any atom is -0.377 e. The van der Waals surface area contributed by atoms with Gasteiger partial charge in [0.05, 0.1) is 42.1 Å². The highest BCUT2D eigenvalue weighted by Crippen LogP contribution is 2.48. The van der Waals surface area contributed by atoms with Crippen LogP contribution in [0.4, 0.5) is 23.2 Å². The Balaban J connectivity index is 1.45. The van der Waals surface area contributed by atoms with E-state index in [1.165, 1.54) is 29.2 Å². The predicted octanol–water partition coefficient (Wildman–Crippen LogP) is 3.10. The second-order valence-corrected chi connectivity index (χ2v) is 10.1. The topological polar surface area (TPSA) is 93.9 Å². The molecule has 39 heavy (non-hydrogen) atoms. The van der Waals surface area contributed by atoms with Crippen molar-refractivity contribution in [2.45, 2.75) is 37.1 Å². The van der Waals surface area contributed by atoms with Crippen LogP contribution >= 0.6 is 0 Å². The van der Waals surface area contributed by atoms with Crippen LogP contribution in [0.25, 0.3) is 0 Å². The normalized spacial score (nSPS) is 23.3. The van der Waals surface area contributed by atoms with E-state index in [0.29, 0.717) is 18.8 Å². The summed E-state index contributed by atoms with van der Waals surface area (Å²) in [5.41, 5.74) is -2.07. The number of anilines is 1. The molecule has 2 heterocycles. The second kappa shape index (κ2) is 9.64. The van der Waals surface area contributed by atoms with E-state index in [1.54, 1.807) is 11.9 Å². The Morgan fingerprint density at radius 3 is 2.36 bits per heavy atom. The number of halogens is 4. The summed E-state index contributed by atoms with van der Waals surface area (Å²) in [6.45, 7) is 0.161. The van der Waals surface area contributed by atoms with E-state index in [2.05, 4.69) is 0 Å². The van der Waals surface area contributed by atoms with Crippen molar-refractivity contribution in [2.24, 2.45) is 5.92 Å². The molecule has 12 heteroatoms. The first-order chi connectivity index (χ1) is 18.4. The second-order valence-electron chi connectivity index (χ2n) is 10.1. The molecule has 2 aromatic carbocycles. The predicted molar refractivity (Wildman–Crippen MR) is 128 cm³/mol. The molecule has 2 aromatic rings. The van der Waals surface area contributed by atoms with Crippen LogP contribution < -0.4 is 4.90 Å². The average Bonchev–Trinajstić information content (AvgIpc) is 2.83. The van der Waals surface area contributed by atoms with E-state index >= 15 is 0 Å². The number of piperazine rings is 1. The zero-order chi connectivity index (χ0) is 28.1. The maximum absolute atomic E-state index is 14.9. The number of rotatable bonds is 5. The smallest absolute Gasteiger partial charge is 0.377 e. The molecule has 2 saturated heterocycles. The van der Waals surface area contributed by atoms with Crippen LogP contribution in [0.15, 0.2) is 42.5 Å². The van der Waals surface area contributed by atoms with Gasteiger partial charge in [0, 0.05) is 19.5 Å². The van der Waals surface area contributed by atoms with Crippen LogP contribution in [0.3, 0.4) is 0 Å². The van der Waals surface area contributed by atoms with Gasteiger partial charge in [-0.3, -0.25) is 19.3 Å². The van der Waals surface area contributed by atoms with Crippen molar-refractivity contribution >= 4 is 23.4 Å². The van der Waals surface area contributed by atoms with Crippen LogP contribution in [0.5, 0.6) is 0 Å². The van der Waals surface area contributed by atoms with Gasteiger partial charge in [-0.2, -0.15) is 18.4 Å². The van der Waals surface area contributed by atoms with Gasteiger partial charge in [0.1, 0.15) is 17.9 Å². The van der Waals surface area contributed by atoms with Gasteiger partial charge in [-0.25, -0.2) is 4.39 Å². The molecule has 3 fully saturated rings. The number of ether oxygens (including phenoxy) is 1. The minimum absolute atomic E-state index is 0.0106. The quantitative estimate of drug-likeness (QED) is 0.540. The monoisotopic (exact) mass is 544 g/mol. The molecule has 0 N–H and O–H groups in total. The number of nitriles is 1. The van der Waals surface area contributed by atoms with E-state index in [0.717, 1.165) is 23.1 Å². The zero-order valence-corrected chi connectivity index (χ0v) is 20.9. The third kappa shape index (κ3) is 4.61. The Bertz CT molecular complexity index is 1360. The number of likely N-dealkylation sites (N-methyl/N-ethyl adjacent to an activating group) is 1. The molecule has 8 nitrogen and oxygen atoms in total. The van der Waals surface area contributed by atoms with Crippen molar-refractivity contribution in [3.63, 3.8) is 0 Å². The van der Waals surface area contributed by atoms with Crippen molar-refractivity contribution in [3.8, 4) is 6.07 Å². The highest BCUT2D eigenvalue weighted by molar-refractivity contribution is 6.10. The van der Waals surface area contributed by atoms with E-state index in [9.17, 15) is 31.9 Å². The molecule has 0 unspecified atom stereocenters. The molecule has 3 aliphatic rings. The highest BCUT2D eigenvalue weighted by Gasteiger charge is 2.62. The summed E-state index contributed by atoms with van der Waals surface area (Å²) in [5.74, 6) is -2.75. The highest BCUT2D eigenvalue weighted by atomic mass is 19.4. The zero-order valence-electron chi connectivity index (χ0n) is 20.9. The minimum atomic E-state index is -4.53. The summed E-state index contributed by atoms with van der Waals surface area (Å²) < 4.78 is 59.1. The maximum Gasteiger partial charge on any atom is 0.416 e. The van der Waals surface area contributed by atoms with Crippen molar-refractivity contribution in [1.29, 1.82) is 5.26 Å². The van der Waals surface area contributed by atoms with Crippen LogP contribution in [0, 0.1) is 23.1 Å². The maximum atomic E-state index is 14.9. The molecule has 0 atom stereocenters. The van der Waals surface area contributed by atoms with Crippen molar-refractivity contribution < 1.29 is 36.7 Å². The summed E-state index contributed by atoms with van der Waals surface area (Å²) >= 11 is 0. The number of alkyl halides is 3. The Morgan fingerprint density at radius 2 is 1.82 bits per heavy atom. The summed E-state index contributed by atoms with van der Waals surface area (Å²) in [6.07, 6.45) is -4.55. The number of carbonyl (C=O) groups is 3. The van der Waals surface area contributed by atoms with Crippen molar-refractivity contribution in [2.75, 3.05) is 31.7 Å². The number of carbonyl (C=O) groups excluding carboxylic acids is 3. The molecule has 1 spiro atoms. The molecular weight excluding hydrogens is 520 g/mol. The molecular formula is C27H24F4N4O4. The lowest BCUT2D eigenvalue weighted by Gasteiger charge is -2.57. The van der Waals surface area contributed by atoms with Gasteiger partial charge in [0.25, 0.3) is 5.91 Å². The van der Waals surface area contributed by atoms with Gasteiger partial charge >= 0.3 is 6.18 Å². The number of hydrogen-bond acceptors (Lipinski definition) is 5. The number of amides is 3. The van der Waals surface area contributed by atoms with Gasteiger partial charge in [-0.05, 0) is 48.7 Å². The molecule has 1 saturated carbocycles. The Morgan fingerprint density at radius 1 is 1.15 bits per heavy atom. The van der Waals surface area contributed by atoms with Crippen LogP contribution in [0.2, 0.25) is 0 Å². The van der Waals surface area contributed by atoms with Crippen LogP contribution in [-0.4, -0.2) is 65.9 Å². The SMILES string of the molecule is CN(C(=O)C1CC2(C1)C(=O)N(c1ccc(C#N)cc1F)CC(=O)N2Cc1ccc(C(F)(F)F)cc1)C1COC1. The Labute approximate surface area is 221 Å². The molecule has 0 radical (unpaired) electrons. The Kier molecular flexibility index (Phi) is 6.58. The first-order valence-electron chi connectivity index (χ1n) is 12.3. The average molecular weight is 545 g/mol. The molecule has 5 rings (SSSR count). The largest absolute Gasteiger partial charge is 0.416 e. The summed E-state index contributed by atoms with van der Waals surface area (Å²) in [5, 5.41) is 9.05. The molecule has 0 aromatic heterocycles. The Hall–Kier alpha value is -3.98. The summed E-state index contributed by atoms with van der Waals surface area (Å²) in [7, 11) is 1.65. The number of nitrogens with zero attached hydrogens (tertiary/aromatic N) is 4. The lowest BCUT2D eigenvalue weighted by molar-refractivity contribution is -0.170. The van der Waals surface area contributed by atoms with Gasteiger partial charge in [0.15, 0.2) is 0 Å². The van der Waals surface area contributed by atoms with Gasteiger partial charge in [-0.15, -0.1) is 0 Å². The first-order valence-corrected chi connectivity index (χ1v) is 12.3. The number of hydrogen-bond donors (Lipinski definition) is 0. The van der Waals surface area contributed by atoms with Crippen LogP contribution in [-0.2, 0) is 31.8 Å². The van der Waals surface area contributed by atoms with Gasteiger partial charge in [0.2, 0.25) is 11.8 Å². The summed E-state index contributed by atoms with van der Waals surface area (Å²) in [4.78, 5) is 44.3. The summed E-state index contributed by atoms with van der Waals surface area (Å²) in [6, 6.07) is 9.58. The van der Waals surface area contributed by atoms with Crippen molar-refractivity contribution in [1.82, 2.24) is 9.80 Å². The van der Waals surface area contributed by atoms with Gasteiger partial charge < -0.3 is 14.5 Å². The lowest BCUT2D eigenvalue weighted by Crippen LogP contribution is -2.74. The molecule has 204 valence electrons. The van der Waals surface area contributed by atoms with Crippen molar-refractivity contribution in [3.05, 3.63) is 65.0 Å². The molecule has 1 aliphatic carbocycles. The van der Waals surface area contributed by atoms with E-state index in [1.807, 2.05) is 6.07 Å². The third-order valence-corrected chi connectivity index (χ3v) is 7.78. The fourth-order valence-corrected chi connectivity index (χ4v) is 5.35. The molecule has 2 aliphatic heterocycles. The third-order valence-electron chi connectivity index (χ3n) is 7.78.